The van der Waals surface area contributed by atoms with Crippen molar-refractivity contribution in [3.05, 3.63) is 108 Å². The van der Waals surface area contributed by atoms with E-state index < -0.39 is 42.7 Å². The van der Waals surface area contributed by atoms with Crippen LogP contribution in [-0.4, -0.2) is 48.9 Å². The summed E-state index contributed by atoms with van der Waals surface area (Å²) in [6.45, 7) is 1.71. The van der Waals surface area contributed by atoms with Crippen molar-refractivity contribution < 1.29 is 28.5 Å². The van der Waals surface area contributed by atoms with Gasteiger partial charge in [0.05, 0.1) is 24.3 Å². The highest BCUT2D eigenvalue weighted by Gasteiger charge is 2.52. The standard InChI is InChI=1S/C29H29NO6/c1-19(31)30-25-23(17-20-11-5-2-6-12-20)34-24-18-33-29(22-15-9-4-10-16-22)36-26(24)27(25)35-28(32)21-13-7-3-8-14-21/h2-16,23-27,29H,17-18H2,1H3,(H,30,31)/t23?,24?,25?,26-,27-,29?/m1/s1. The van der Waals surface area contributed by atoms with Gasteiger partial charge in [0.25, 0.3) is 0 Å². The predicted octanol–water partition coefficient (Wildman–Crippen LogP) is 3.84. The van der Waals surface area contributed by atoms with Crippen molar-refractivity contribution in [2.75, 3.05) is 6.61 Å². The fourth-order valence-corrected chi connectivity index (χ4v) is 4.80. The van der Waals surface area contributed by atoms with Crippen LogP contribution in [0.3, 0.4) is 0 Å². The van der Waals surface area contributed by atoms with Gasteiger partial charge in [0, 0.05) is 18.9 Å². The quantitative estimate of drug-likeness (QED) is 0.532. The topological polar surface area (TPSA) is 83.1 Å². The molecule has 0 saturated carbocycles. The highest BCUT2D eigenvalue weighted by atomic mass is 16.7. The van der Waals surface area contributed by atoms with Gasteiger partial charge in [-0.05, 0) is 17.7 Å². The van der Waals surface area contributed by atoms with Crippen LogP contribution in [0.4, 0.5) is 0 Å². The molecule has 3 aromatic carbocycles. The first kappa shape index (κ1) is 24.2. The average molecular weight is 488 g/mol. The van der Waals surface area contributed by atoms with Crippen molar-refractivity contribution >= 4 is 11.9 Å². The van der Waals surface area contributed by atoms with Crippen LogP contribution in [0.15, 0.2) is 91.0 Å². The van der Waals surface area contributed by atoms with Gasteiger partial charge in [0.15, 0.2) is 12.4 Å². The van der Waals surface area contributed by atoms with Gasteiger partial charge < -0.3 is 24.3 Å². The fourth-order valence-electron chi connectivity index (χ4n) is 4.80. The van der Waals surface area contributed by atoms with Gasteiger partial charge in [-0.25, -0.2) is 4.79 Å². The van der Waals surface area contributed by atoms with Gasteiger partial charge in [-0.15, -0.1) is 0 Å². The first-order chi connectivity index (χ1) is 17.6. The lowest BCUT2D eigenvalue weighted by Crippen LogP contribution is -2.67. The van der Waals surface area contributed by atoms with Crippen molar-refractivity contribution in [1.29, 1.82) is 0 Å². The number of esters is 1. The van der Waals surface area contributed by atoms with E-state index in [1.54, 1.807) is 24.3 Å². The number of carbonyl (C=O) groups is 2. The zero-order valence-corrected chi connectivity index (χ0v) is 20.0. The second kappa shape index (κ2) is 11.0. The van der Waals surface area contributed by atoms with Gasteiger partial charge in [0.2, 0.25) is 5.91 Å². The van der Waals surface area contributed by atoms with Crippen molar-refractivity contribution in [2.45, 2.75) is 50.1 Å². The number of hydrogen-bond donors (Lipinski definition) is 1. The molecular formula is C29H29NO6. The van der Waals surface area contributed by atoms with E-state index in [1.165, 1.54) is 6.92 Å². The number of hydrogen-bond acceptors (Lipinski definition) is 6. The summed E-state index contributed by atoms with van der Waals surface area (Å²) in [7, 11) is 0. The van der Waals surface area contributed by atoms with Crippen LogP contribution in [0.2, 0.25) is 0 Å². The van der Waals surface area contributed by atoms with Crippen LogP contribution in [0.5, 0.6) is 0 Å². The van der Waals surface area contributed by atoms with Gasteiger partial charge >= 0.3 is 5.97 Å². The molecular weight excluding hydrogens is 458 g/mol. The normalized spacial score (nSPS) is 27.5. The molecule has 6 atom stereocenters. The lowest BCUT2D eigenvalue weighted by molar-refractivity contribution is -0.314. The molecule has 0 bridgehead atoms. The lowest BCUT2D eigenvalue weighted by Gasteiger charge is -2.49. The molecule has 36 heavy (non-hydrogen) atoms. The number of rotatable bonds is 6. The van der Waals surface area contributed by atoms with E-state index >= 15 is 0 Å². The summed E-state index contributed by atoms with van der Waals surface area (Å²) in [5.41, 5.74) is 2.32. The smallest absolute Gasteiger partial charge is 0.338 e. The summed E-state index contributed by atoms with van der Waals surface area (Å²) in [5, 5.41) is 2.98. The Kier molecular flexibility index (Phi) is 7.41. The molecule has 0 aromatic heterocycles. The highest BCUT2D eigenvalue weighted by Crippen LogP contribution is 2.36. The third-order valence-corrected chi connectivity index (χ3v) is 6.46. The predicted molar refractivity (Wildman–Crippen MR) is 132 cm³/mol. The maximum Gasteiger partial charge on any atom is 0.338 e. The molecule has 186 valence electrons. The van der Waals surface area contributed by atoms with Crippen molar-refractivity contribution in [3.63, 3.8) is 0 Å². The Morgan fingerprint density at radius 1 is 0.889 bits per heavy atom. The zero-order valence-electron chi connectivity index (χ0n) is 20.0. The van der Waals surface area contributed by atoms with Gasteiger partial charge in [0.1, 0.15) is 12.2 Å². The molecule has 2 aliphatic rings. The molecule has 4 unspecified atom stereocenters. The second-order valence-electron chi connectivity index (χ2n) is 9.04. The highest BCUT2D eigenvalue weighted by molar-refractivity contribution is 5.89. The summed E-state index contributed by atoms with van der Waals surface area (Å²) in [6, 6.07) is 27.6. The molecule has 2 fully saturated rings. The number of amides is 1. The van der Waals surface area contributed by atoms with Crippen molar-refractivity contribution in [2.24, 2.45) is 0 Å². The summed E-state index contributed by atoms with van der Waals surface area (Å²) in [5.74, 6) is -0.728. The van der Waals surface area contributed by atoms with Crippen LogP contribution >= 0.6 is 0 Å². The number of fused-ring (bicyclic) bond motifs is 1. The molecule has 0 aliphatic carbocycles. The second-order valence-corrected chi connectivity index (χ2v) is 9.04. The Hall–Kier alpha value is -3.52. The largest absolute Gasteiger partial charge is 0.454 e. The van der Waals surface area contributed by atoms with Crippen LogP contribution in [0.1, 0.15) is 34.7 Å². The van der Waals surface area contributed by atoms with Crippen LogP contribution < -0.4 is 5.32 Å². The van der Waals surface area contributed by atoms with E-state index in [4.69, 9.17) is 18.9 Å². The maximum atomic E-state index is 13.2. The summed E-state index contributed by atoms with van der Waals surface area (Å²) in [4.78, 5) is 25.5. The molecule has 5 rings (SSSR count). The monoisotopic (exact) mass is 487 g/mol. The van der Waals surface area contributed by atoms with E-state index in [2.05, 4.69) is 5.32 Å². The molecule has 2 heterocycles. The molecule has 3 aromatic rings. The summed E-state index contributed by atoms with van der Waals surface area (Å²) < 4.78 is 24.9. The fraction of sp³-hybridized carbons (Fsp3) is 0.310. The van der Waals surface area contributed by atoms with Crippen LogP contribution in [0.25, 0.3) is 0 Å². The Balaban J connectivity index is 1.47. The van der Waals surface area contributed by atoms with Gasteiger partial charge in [-0.3, -0.25) is 4.79 Å². The van der Waals surface area contributed by atoms with E-state index in [-0.39, 0.29) is 12.5 Å². The first-order valence-electron chi connectivity index (χ1n) is 12.1. The Morgan fingerprint density at radius 2 is 1.53 bits per heavy atom. The SMILES string of the molecule is CC(=O)NC1C(Cc2ccccc2)OC2COC(c3ccccc3)O[C@H]2[C@@H]1OC(=O)c1ccccc1. The van der Waals surface area contributed by atoms with E-state index in [1.807, 2.05) is 66.7 Å². The average Bonchev–Trinajstić information content (AvgIpc) is 2.91. The molecule has 7 heteroatoms. The van der Waals surface area contributed by atoms with Crippen molar-refractivity contribution in [3.8, 4) is 0 Å². The minimum atomic E-state index is -0.788. The number of ether oxygens (including phenoxy) is 4. The molecule has 2 saturated heterocycles. The van der Waals surface area contributed by atoms with Crippen LogP contribution in [-0.2, 0) is 30.2 Å². The third kappa shape index (κ3) is 5.49. The summed E-state index contributed by atoms with van der Waals surface area (Å²) in [6.07, 6.45) is -2.47. The third-order valence-electron chi connectivity index (χ3n) is 6.46. The Labute approximate surface area is 210 Å². The number of carbonyl (C=O) groups excluding carboxylic acids is 2. The number of benzene rings is 3. The maximum absolute atomic E-state index is 13.2. The Morgan fingerprint density at radius 3 is 2.19 bits per heavy atom. The lowest BCUT2D eigenvalue weighted by atomic mass is 9.88. The van der Waals surface area contributed by atoms with E-state index in [9.17, 15) is 9.59 Å². The molecule has 0 spiro atoms. The van der Waals surface area contributed by atoms with Gasteiger partial charge in [-0.1, -0.05) is 78.9 Å². The molecule has 2 aliphatic heterocycles. The molecule has 0 radical (unpaired) electrons. The molecule has 7 nitrogen and oxygen atoms in total. The zero-order chi connectivity index (χ0) is 24.9. The van der Waals surface area contributed by atoms with E-state index in [0.717, 1.165) is 11.1 Å². The Bertz CT molecular complexity index is 1160. The van der Waals surface area contributed by atoms with Crippen LogP contribution in [0, 0.1) is 0 Å². The first-order valence-corrected chi connectivity index (χ1v) is 12.1. The van der Waals surface area contributed by atoms with E-state index in [0.29, 0.717) is 12.0 Å². The van der Waals surface area contributed by atoms with Gasteiger partial charge in [-0.2, -0.15) is 0 Å². The minimum absolute atomic E-state index is 0.243. The van der Waals surface area contributed by atoms with Crippen molar-refractivity contribution in [1.82, 2.24) is 5.32 Å². The molecule has 1 amide bonds. The summed E-state index contributed by atoms with van der Waals surface area (Å²) >= 11 is 0. The molecule has 1 N–H and O–H groups in total. The minimum Gasteiger partial charge on any atom is -0.454 e. The number of nitrogens with one attached hydrogen (secondary N) is 1.